The molecular weight excluding hydrogens is 521 g/mol. The highest BCUT2D eigenvalue weighted by Crippen LogP contribution is 2.27. The van der Waals surface area contributed by atoms with Crippen molar-refractivity contribution in [1.82, 2.24) is 9.21 Å². The van der Waals surface area contributed by atoms with E-state index in [1.54, 1.807) is 36.4 Å². The third-order valence-electron chi connectivity index (χ3n) is 6.81. The molecule has 2 aromatic rings. The summed E-state index contributed by atoms with van der Waals surface area (Å²) >= 11 is 12.1. The van der Waals surface area contributed by atoms with Gasteiger partial charge in [0.15, 0.2) is 0 Å². The maximum Gasteiger partial charge on any atom is 0.255 e. The molecule has 2 fully saturated rings. The lowest BCUT2D eigenvalue weighted by Gasteiger charge is -2.31. The van der Waals surface area contributed by atoms with Gasteiger partial charge >= 0.3 is 0 Å². The van der Waals surface area contributed by atoms with E-state index in [2.05, 4.69) is 5.32 Å². The average Bonchev–Trinajstić information content (AvgIpc) is 3.15. The Morgan fingerprint density at radius 1 is 0.944 bits per heavy atom. The Labute approximate surface area is 222 Å². The number of benzene rings is 2. The minimum Gasteiger partial charge on any atom is -0.339 e. The van der Waals surface area contributed by atoms with E-state index in [4.69, 9.17) is 23.2 Å². The van der Waals surface area contributed by atoms with Gasteiger partial charge in [0.1, 0.15) is 0 Å². The molecule has 0 saturated carbocycles. The van der Waals surface area contributed by atoms with Gasteiger partial charge in [0.05, 0.1) is 22.9 Å². The number of nitrogens with one attached hydrogen (secondary N) is 1. The smallest absolute Gasteiger partial charge is 0.255 e. The summed E-state index contributed by atoms with van der Waals surface area (Å²) in [6.45, 7) is 1.87. The minimum atomic E-state index is -3.69. The lowest BCUT2D eigenvalue weighted by molar-refractivity contribution is -0.120. The number of halogens is 2. The van der Waals surface area contributed by atoms with Gasteiger partial charge in [0.25, 0.3) is 5.91 Å². The second-order valence-corrected chi connectivity index (χ2v) is 12.2. The van der Waals surface area contributed by atoms with Crippen molar-refractivity contribution >= 4 is 50.7 Å². The SMILES string of the molecule is O=C(Nc1ccccc1C(=O)N1CCCCCC1)[C@@H]1CCCN(S(=O)(=O)Cc2ccc(Cl)cc2Cl)C1. The van der Waals surface area contributed by atoms with Crippen LogP contribution in [0.5, 0.6) is 0 Å². The maximum absolute atomic E-state index is 13.2. The molecule has 0 aliphatic carbocycles. The maximum atomic E-state index is 13.2. The van der Waals surface area contributed by atoms with E-state index >= 15 is 0 Å². The molecule has 2 aliphatic rings. The van der Waals surface area contributed by atoms with Crippen molar-refractivity contribution in [3.63, 3.8) is 0 Å². The fourth-order valence-electron chi connectivity index (χ4n) is 4.79. The van der Waals surface area contributed by atoms with E-state index in [1.807, 2.05) is 4.90 Å². The van der Waals surface area contributed by atoms with Crippen LogP contribution in [-0.4, -0.2) is 55.6 Å². The lowest BCUT2D eigenvalue weighted by Crippen LogP contribution is -2.44. The summed E-state index contributed by atoms with van der Waals surface area (Å²) in [5.74, 6) is -1.14. The Balaban J connectivity index is 1.44. The molecule has 2 saturated heterocycles. The zero-order valence-electron chi connectivity index (χ0n) is 20.1. The first-order valence-corrected chi connectivity index (χ1v) is 14.7. The van der Waals surface area contributed by atoms with Gasteiger partial charge in [-0.3, -0.25) is 9.59 Å². The van der Waals surface area contributed by atoms with Crippen molar-refractivity contribution in [3.8, 4) is 0 Å². The van der Waals surface area contributed by atoms with Gasteiger partial charge in [-0.25, -0.2) is 12.7 Å². The van der Waals surface area contributed by atoms with Crippen LogP contribution in [0, 0.1) is 5.92 Å². The third kappa shape index (κ3) is 6.59. The predicted octanol–water partition coefficient (Wildman–Crippen LogP) is 5.19. The number of rotatable bonds is 6. The van der Waals surface area contributed by atoms with Crippen molar-refractivity contribution in [2.75, 3.05) is 31.5 Å². The Bertz CT molecular complexity index is 1210. The van der Waals surface area contributed by atoms with Crippen molar-refractivity contribution < 1.29 is 18.0 Å². The highest BCUT2D eigenvalue weighted by atomic mass is 35.5. The Kier molecular flexibility index (Phi) is 8.93. The Morgan fingerprint density at radius 3 is 2.39 bits per heavy atom. The number of hydrogen-bond acceptors (Lipinski definition) is 4. The van der Waals surface area contributed by atoms with Gasteiger partial charge in [-0.2, -0.15) is 0 Å². The molecule has 0 bridgehead atoms. The highest BCUT2D eigenvalue weighted by Gasteiger charge is 2.33. The van der Waals surface area contributed by atoms with Gasteiger partial charge in [-0.05, 0) is 55.5 Å². The molecule has 0 radical (unpaired) electrons. The van der Waals surface area contributed by atoms with Gasteiger partial charge in [0, 0.05) is 36.2 Å². The fraction of sp³-hybridized carbons (Fsp3) is 0.462. The van der Waals surface area contributed by atoms with Gasteiger partial charge in [-0.1, -0.05) is 54.2 Å². The molecule has 2 amide bonds. The first-order chi connectivity index (χ1) is 17.2. The molecule has 10 heteroatoms. The van der Waals surface area contributed by atoms with Crippen molar-refractivity contribution in [2.45, 2.75) is 44.3 Å². The van der Waals surface area contributed by atoms with Gasteiger partial charge in [0.2, 0.25) is 15.9 Å². The van der Waals surface area contributed by atoms with Crippen LogP contribution in [0.15, 0.2) is 42.5 Å². The molecule has 0 unspecified atom stereocenters. The monoisotopic (exact) mass is 551 g/mol. The summed E-state index contributed by atoms with van der Waals surface area (Å²) in [4.78, 5) is 28.3. The molecule has 2 heterocycles. The third-order valence-corrected chi connectivity index (χ3v) is 9.19. The average molecular weight is 553 g/mol. The lowest BCUT2D eigenvalue weighted by atomic mass is 9.98. The van der Waals surface area contributed by atoms with E-state index in [0.717, 1.165) is 25.7 Å². The first-order valence-electron chi connectivity index (χ1n) is 12.4. The molecule has 194 valence electrons. The van der Waals surface area contributed by atoms with Crippen LogP contribution in [0.25, 0.3) is 0 Å². The van der Waals surface area contributed by atoms with E-state index in [1.165, 1.54) is 10.4 Å². The summed E-state index contributed by atoms with van der Waals surface area (Å²) in [5, 5.41) is 3.64. The number of carbonyl (C=O) groups is 2. The molecule has 0 aromatic heterocycles. The van der Waals surface area contributed by atoms with E-state index < -0.39 is 15.9 Å². The van der Waals surface area contributed by atoms with Gasteiger partial charge < -0.3 is 10.2 Å². The number of carbonyl (C=O) groups excluding carboxylic acids is 2. The van der Waals surface area contributed by atoms with Crippen molar-refractivity contribution in [1.29, 1.82) is 0 Å². The standard InChI is InChI=1S/C26H31Cl2N3O4S/c27-21-12-11-20(23(28)16-21)18-36(34,35)31-15-7-8-19(17-31)25(32)29-24-10-4-3-9-22(24)26(33)30-13-5-1-2-6-14-30/h3-4,9-12,16,19H,1-2,5-8,13-15,17-18H2,(H,29,32)/t19-/m1/s1. The van der Waals surface area contributed by atoms with Gasteiger partial charge in [-0.15, -0.1) is 0 Å². The summed E-state index contributed by atoms with van der Waals surface area (Å²) in [6, 6.07) is 11.8. The second kappa shape index (κ2) is 11.9. The summed E-state index contributed by atoms with van der Waals surface area (Å²) in [7, 11) is -3.69. The Hall–Kier alpha value is -2.13. The molecule has 36 heavy (non-hydrogen) atoms. The summed E-state index contributed by atoms with van der Waals surface area (Å²) in [5.41, 5.74) is 1.39. The quantitative estimate of drug-likeness (QED) is 0.535. The van der Waals surface area contributed by atoms with Crippen molar-refractivity contribution in [2.24, 2.45) is 5.92 Å². The van der Waals surface area contributed by atoms with E-state index in [-0.39, 0.29) is 24.1 Å². The number of likely N-dealkylation sites (tertiary alicyclic amines) is 1. The second-order valence-electron chi connectivity index (χ2n) is 9.43. The molecule has 1 atom stereocenters. The predicted molar refractivity (Wildman–Crippen MR) is 143 cm³/mol. The number of sulfonamides is 1. The number of piperidine rings is 1. The summed E-state index contributed by atoms with van der Waals surface area (Å²) < 4.78 is 27.6. The largest absolute Gasteiger partial charge is 0.339 e. The molecule has 4 rings (SSSR count). The number of para-hydroxylation sites is 1. The van der Waals surface area contributed by atoms with Crippen LogP contribution in [-0.2, 0) is 20.6 Å². The van der Waals surface area contributed by atoms with Crippen LogP contribution in [0.4, 0.5) is 5.69 Å². The van der Waals surface area contributed by atoms with Crippen LogP contribution < -0.4 is 5.32 Å². The van der Waals surface area contributed by atoms with E-state index in [9.17, 15) is 18.0 Å². The number of hydrogen-bond donors (Lipinski definition) is 1. The van der Waals surface area contributed by atoms with E-state index in [0.29, 0.717) is 59.3 Å². The molecular formula is C26H31Cl2N3O4S. The number of amides is 2. The normalized spacial score (nSPS) is 19.5. The zero-order chi connectivity index (χ0) is 25.7. The fourth-order valence-corrected chi connectivity index (χ4v) is 6.99. The first kappa shape index (κ1) is 26.9. The molecule has 0 spiro atoms. The van der Waals surface area contributed by atoms with Crippen LogP contribution in [0.3, 0.4) is 0 Å². The van der Waals surface area contributed by atoms with Crippen LogP contribution >= 0.6 is 23.2 Å². The number of nitrogens with zero attached hydrogens (tertiary/aromatic N) is 2. The summed E-state index contributed by atoms with van der Waals surface area (Å²) in [6.07, 6.45) is 5.34. The zero-order valence-corrected chi connectivity index (χ0v) is 22.4. The Morgan fingerprint density at radius 2 is 1.67 bits per heavy atom. The molecule has 2 aliphatic heterocycles. The number of anilines is 1. The molecule has 7 nitrogen and oxygen atoms in total. The van der Waals surface area contributed by atoms with Crippen molar-refractivity contribution in [3.05, 3.63) is 63.6 Å². The molecule has 1 N–H and O–H groups in total. The minimum absolute atomic E-state index is 0.0829. The highest BCUT2D eigenvalue weighted by molar-refractivity contribution is 7.88. The van der Waals surface area contributed by atoms with Crippen LogP contribution in [0.2, 0.25) is 10.0 Å². The molecule has 2 aromatic carbocycles. The van der Waals surface area contributed by atoms with Crippen LogP contribution in [0.1, 0.15) is 54.4 Å². The topological polar surface area (TPSA) is 86.8 Å².